The number of hydrogen-bond acceptors (Lipinski definition) is 3. The van der Waals surface area contributed by atoms with Gasteiger partial charge in [-0.2, -0.15) is 8.42 Å². The van der Waals surface area contributed by atoms with Gasteiger partial charge < -0.3 is 4.74 Å². The van der Waals surface area contributed by atoms with E-state index in [1.54, 1.807) is 6.07 Å². The van der Waals surface area contributed by atoms with Crippen LogP contribution >= 0.6 is 0 Å². The lowest BCUT2D eigenvalue weighted by atomic mass is 9.76. The Bertz CT molecular complexity index is 1610. The summed E-state index contributed by atoms with van der Waals surface area (Å²) < 4.78 is 39.2. The molecule has 0 bridgehead atoms. The fourth-order valence-corrected chi connectivity index (χ4v) is 6.62. The summed E-state index contributed by atoms with van der Waals surface area (Å²) in [6, 6.07) is 32.9. The van der Waals surface area contributed by atoms with Crippen molar-refractivity contribution in [2.24, 2.45) is 0 Å². The average molecular weight is 567 g/mol. The van der Waals surface area contributed by atoms with E-state index >= 15 is 0 Å². The van der Waals surface area contributed by atoms with Crippen molar-refractivity contribution in [3.05, 3.63) is 130 Å². The first-order valence-electron chi connectivity index (χ1n) is 14.5. The highest BCUT2D eigenvalue weighted by atomic mass is 32.2. The van der Waals surface area contributed by atoms with Crippen LogP contribution in [0.25, 0.3) is 11.6 Å². The van der Waals surface area contributed by atoms with Crippen LogP contribution in [0.4, 0.5) is 0 Å². The number of aryl methyl sites for hydroxylation is 2. The number of hydrogen-bond donors (Lipinski definition) is 1. The van der Waals surface area contributed by atoms with Crippen molar-refractivity contribution in [2.75, 3.05) is 6.61 Å². The topological polar surface area (TPSA) is 63.6 Å². The van der Waals surface area contributed by atoms with Crippen molar-refractivity contribution in [3.8, 4) is 5.75 Å². The maximum Gasteiger partial charge on any atom is 0.294 e. The summed E-state index contributed by atoms with van der Waals surface area (Å²) in [6.07, 6.45) is 8.77. The van der Waals surface area contributed by atoms with E-state index in [0.717, 1.165) is 55.4 Å². The van der Waals surface area contributed by atoms with Crippen molar-refractivity contribution < 1.29 is 17.7 Å². The molecule has 0 amide bonds. The van der Waals surface area contributed by atoms with E-state index in [0.29, 0.717) is 24.5 Å². The zero-order valence-electron chi connectivity index (χ0n) is 23.6. The highest BCUT2D eigenvalue weighted by Crippen LogP contribution is 2.42. The summed E-state index contributed by atoms with van der Waals surface area (Å²) in [5, 5.41) is 0. The molecular formula is C36H38O4S. The van der Waals surface area contributed by atoms with Gasteiger partial charge in [0.15, 0.2) is 0 Å². The minimum atomic E-state index is -4.20. The lowest BCUT2D eigenvalue weighted by Gasteiger charge is -2.28. The summed E-state index contributed by atoms with van der Waals surface area (Å²) in [5.41, 5.74) is 8.22. The third kappa shape index (κ3) is 7.35. The lowest BCUT2D eigenvalue weighted by molar-refractivity contribution is 0.304. The van der Waals surface area contributed by atoms with Gasteiger partial charge in [-0.25, -0.2) is 0 Å². The molecule has 0 heterocycles. The molecule has 0 spiro atoms. The maximum absolute atomic E-state index is 11.7. The molecule has 1 aliphatic carbocycles. The van der Waals surface area contributed by atoms with Crippen LogP contribution < -0.4 is 4.74 Å². The molecule has 4 aromatic rings. The predicted molar refractivity (Wildman–Crippen MR) is 167 cm³/mol. The molecule has 0 radical (unpaired) electrons. The molecule has 5 rings (SSSR count). The summed E-state index contributed by atoms with van der Waals surface area (Å²) in [6.45, 7) is 2.56. The SMILES string of the molecule is Cc1ccc(S(=O)(=O)O)c(CCCCCCOc2ccccc2/C=C2\CCC(c3ccccc3)c3ccccc32)c1. The van der Waals surface area contributed by atoms with Crippen molar-refractivity contribution in [1.29, 1.82) is 0 Å². The average Bonchev–Trinajstić information content (AvgIpc) is 2.97. The van der Waals surface area contributed by atoms with Crippen LogP contribution in [0.15, 0.2) is 102 Å². The predicted octanol–water partition coefficient (Wildman–Crippen LogP) is 8.89. The van der Waals surface area contributed by atoms with Gasteiger partial charge in [0.1, 0.15) is 5.75 Å². The second-order valence-electron chi connectivity index (χ2n) is 10.9. The van der Waals surface area contributed by atoms with Crippen LogP contribution in [0.3, 0.4) is 0 Å². The molecule has 1 atom stereocenters. The molecule has 41 heavy (non-hydrogen) atoms. The third-order valence-corrected chi connectivity index (χ3v) is 8.88. The summed E-state index contributed by atoms with van der Waals surface area (Å²) >= 11 is 0. The van der Waals surface area contributed by atoms with Gasteiger partial charge in [-0.05, 0) is 85.1 Å². The Labute approximate surface area is 244 Å². The molecule has 0 aliphatic heterocycles. The smallest absolute Gasteiger partial charge is 0.294 e. The number of allylic oxidation sites excluding steroid dienone is 1. The molecule has 0 fully saturated rings. The maximum atomic E-state index is 11.7. The van der Waals surface area contributed by atoms with E-state index in [4.69, 9.17) is 4.74 Å². The van der Waals surface area contributed by atoms with E-state index in [1.807, 2.05) is 25.1 Å². The van der Waals surface area contributed by atoms with Crippen molar-refractivity contribution in [2.45, 2.75) is 62.7 Å². The fraction of sp³-hybridized carbons (Fsp3) is 0.278. The van der Waals surface area contributed by atoms with Gasteiger partial charge in [-0.3, -0.25) is 4.55 Å². The number of fused-ring (bicyclic) bond motifs is 1. The summed E-state index contributed by atoms with van der Waals surface area (Å²) in [7, 11) is -4.20. The second-order valence-corrected chi connectivity index (χ2v) is 12.3. The third-order valence-electron chi connectivity index (χ3n) is 7.93. The van der Waals surface area contributed by atoms with Crippen LogP contribution in [0.1, 0.15) is 77.8 Å². The second kappa shape index (κ2) is 13.3. The first-order valence-corrected chi connectivity index (χ1v) is 16.0. The number of benzene rings is 4. The molecule has 5 heteroatoms. The Morgan fingerprint density at radius 3 is 2.41 bits per heavy atom. The normalized spacial score (nSPS) is 16.0. The number of ether oxygens (including phenoxy) is 1. The number of unbranched alkanes of at least 4 members (excludes halogenated alkanes) is 3. The largest absolute Gasteiger partial charge is 0.493 e. The molecule has 4 aromatic carbocycles. The van der Waals surface area contributed by atoms with E-state index < -0.39 is 10.1 Å². The zero-order valence-corrected chi connectivity index (χ0v) is 24.4. The van der Waals surface area contributed by atoms with E-state index in [-0.39, 0.29) is 4.90 Å². The molecule has 1 unspecified atom stereocenters. The quantitative estimate of drug-likeness (QED) is 0.145. The van der Waals surface area contributed by atoms with Gasteiger partial charge >= 0.3 is 0 Å². The minimum absolute atomic E-state index is 0.0216. The summed E-state index contributed by atoms with van der Waals surface area (Å²) in [4.78, 5) is 0.0216. The standard InChI is InChI=1S/C36H38O4S/c1-27-20-23-36(41(37,38)39)31(25-27)16-5-2-3-12-24-40-35-19-11-8-15-30(35)26-29-21-22-33(28-13-6-4-7-14-28)34-18-10-9-17-32(29)34/h4,6-11,13-15,17-20,23,25-26,33H,2-3,5,12,16,21-22,24H2,1H3,(H,37,38,39)/b29-26+. The Morgan fingerprint density at radius 2 is 1.59 bits per heavy atom. The van der Waals surface area contributed by atoms with Crippen molar-refractivity contribution in [3.63, 3.8) is 0 Å². The monoisotopic (exact) mass is 566 g/mol. The van der Waals surface area contributed by atoms with Crippen molar-refractivity contribution in [1.82, 2.24) is 0 Å². The Hall–Kier alpha value is -3.67. The van der Waals surface area contributed by atoms with E-state index in [1.165, 1.54) is 28.3 Å². The number of rotatable bonds is 11. The van der Waals surface area contributed by atoms with Crippen molar-refractivity contribution >= 4 is 21.8 Å². The van der Waals surface area contributed by atoms with Gasteiger partial charge in [0, 0.05) is 11.5 Å². The van der Waals surface area contributed by atoms with Crippen LogP contribution in [0.2, 0.25) is 0 Å². The lowest BCUT2D eigenvalue weighted by Crippen LogP contribution is -2.10. The molecule has 1 N–H and O–H groups in total. The highest BCUT2D eigenvalue weighted by Gasteiger charge is 2.24. The first kappa shape index (κ1) is 28.8. The van der Waals surface area contributed by atoms with Crippen LogP contribution in [-0.4, -0.2) is 19.6 Å². The van der Waals surface area contributed by atoms with Gasteiger partial charge in [0.25, 0.3) is 10.1 Å². The highest BCUT2D eigenvalue weighted by molar-refractivity contribution is 7.85. The van der Waals surface area contributed by atoms with Gasteiger partial charge in [-0.15, -0.1) is 0 Å². The molecular weight excluding hydrogens is 528 g/mol. The van der Waals surface area contributed by atoms with Crippen LogP contribution in [0.5, 0.6) is 5.75 Å². The molecule has 212 valence electrons. The molecule has 0 aromatic heterocycles. The van der Waals surface area contributed by atoms with Crippen LogP contribution in [-0.2, 0) is 16.5 Å². The van der Waals surface area contributed by atoms with Gasteiger partial charge in [-0.1, -0.05) is 103 Å². The first-order chi connectivity index (χ1) is 19.9. The molecule has 0 saturated carbocycles. The molecule has 1 aliphatic rings. The molecule has 4 nitrogen and oxygen atoms in total. The van der Waals surface area contributed by atoms with E-state index in [9.17, 15) is 13.0 Å². The minimum Gasteiger partial charge on any atom is -0.493 e. The Kier molecular flexibility index (Phi) is 9.38. The summed E-state index contributed by atoms with van der Waals surface area (Å²) in [5.74, 6) is 1.32. The van der Waals surface area contributed by atoms with E-state index in [2.05, 4.69) is 72.8 Å². The van der Waals surface area contributed by atoms with Gasteiger partial charge in [0.05, 0.1) is 11.5 Å². The molecule has 0 saturated heterocycles. The van der Waals surface area contributed by atoms with Gasteiger partial charge in [0.2, 0.25) is 0 Å². The van der Waals surface area contributed by atoms with Crippen LogP contribution in [0, 0.1) is 6.92 Å². The zero-order chi connectivity index (χ0) is 28.7. The Morgan fingerprint density at radius 1 is 0.854 bits per heavy atom. The fourth-order valence-electron chi connectivity index (χ4n) is 5.89. The number of para-hydroxylation sites is 1. The Balaban J connectivity index is 1.18.